The molecule has 5 rings (SSSR count). The molecule has 1 aromatic carbocycles. The van der Waals surface area contributed by atoms with Crippen LogP contribution in [0.1, 0.15) is 21.7 Å². The van der Waals surface area contributed by atoms with Crippen LogP contribution in [-0.4, -0.2) is 63.8 Å². The van der Waals surface area contributed by atoms with E-state index < -0.39 is 0 Å². The minimum absolute atomic E-state index is 0.109. The number of pyridine rings is 2. The van der Waals surface area contributed by atoms with Gasteiger partial charge >= 0.3 is 0 Å². The van der Waals surface area contributed by atoms with E-state index in [9.17, 15) is 9.59 Å². The van der Waals surface area contributed by atoms with Crippen molar-refractivity contribution in [1.82, 2.24) is 30.0 Å². The predicted octanol–water partition coefficient (Wildman–Crippen LogP) is 1.80. The van der Waals surface area contributed by atoms with Crippen LogP contribution in [0.3, 0.4) is 0 Å². The van der Waals surface area contributed by atoms with Crippen molar-refractivity contribution in [3.63, 3.8) is 0 Å². The molecular formula is C24H27N7O2. The van der Waals surface area contributed by atoms with Crippen molar-refractivity contribution in [3.8, 4) is 0 Å². The molecule has 1 amide bonds. The van der Waals surface area contributed by atoms with Crippen LogP contribution >= 0.6 is 0 Å². The van der Waals surface area contributed by atoms with Crippen molar-refractivity contribution >= 4 is 33.4 Å². The fraction of sp³-hybridized carbons (Fsp3) is 0.333. The van der Waals surface area contributed by atoms with Crippen LogP contribution in [0.2, 0.25) is 0 Å². The van der Waals surface area contributed by atoms with Gasteiger partial charge in [0.1, 0.15) is 5.69 Å². The first kappa shape index (κ1) is 21.1. The smallest absolute Gasteiger partial charge is 0.269 e. The molecule has 170 valence electrons. The van der Waals surface area contributed by atoms with Gasteiger partial charge in [-0.25, -0.2) is 4.98 Å². The predicted molar refractivity (Wildman–Crippen MR) is 129 cm³/mol. The summed E-state index contributed by atoms with van der Waals surface area (Å²) in [4.78, 5) is 36.5. The molecule has 0 saturated carbocycles. The molecule has 4 aromatic rings. The SMILES string of the molecule is CNC(=O)c1ccc(N2CCN(Cc3ccc4c(c3)[nH]c(=O)c3cnn(C)c34)CC2)c(C)n1. The Kier molecular flexibility index (Phi) is 5.33. The molecule has 33 heavy (non-hydrogen) atoms. The fourth-order valence-electron chi connectivity index (χ4n) is 4.66. The summed E-state index contributed by atoms with van der Waals surface area (Å²) in [7, 11) is 3.47. The fourth-order valence-corrected chi connectivity index (χ4v) is 4.66. The second-order valence-corrected chi connectivity index (χ2v) is 8.51. The summed E-state index contributed by atoms with van der Waals surface area (Å²) in [6.45, 7) is 6.40. The van der Waals surface area contributed by atoms with Crippen molar-refractivity contribution in [1.29, 1.82) is 0 Å². The Balaban J connectivity index is 1.29. The number of H-pyrrole nitrogens is 1. The average Bonchev–Trinajstić information content (AvgIpc) is 3.21. The van der Waals surface area contributed by atoms with Crippen molar-refractivity contribution in [3.05, 3.63) is 63.8 Å². The third-order valence-corrected chi connectivity index (χ3v) is 6.41. The molecule has 9 heteroatoms. The number of nitrogens with zero attached hydrogens (tertiary/aromatic N) is 5. The minimum Gasteiger partial charge on any atom is -0.368 e. The number of nitrogens with one attached hydrogen (secondary N) is 2. The first-order valence-electron chi connectivity index (χ1n) is 11.1. The van der Waals surface area contributed by atoms with Gasteiger partial charge in [-0.2, -0.15) is 5.10 Å². The maximum atomic E-state index is 12.4. The van der Waals surface area contributed by atoms with E-state index in [1.165, 1.54) is 5.56 Å². The van der Waals surface area contributed by atoms with Crippen LogP contribution in [-0.2, 0) is 13.6 Å². The van der Waals surface area contributed by atoms with Crippen molar-refractivity contribution in [2.24, 2.45) is 7.05 Å². The van der Waals surface area contributed by atoms with Crippen LogP contribution in [0.25, 0.3) is 21.8 Å². The van der Waals surface area contributed by atoms with Gasteiger partial charge < -0.3 is 15.2 Å². The number of carbonyl (C=O) groups is 1. The molecule has 4 heterocycles. The molecule has 0 radical (unpaired) electrons. The topological polar surface area (TPSA) is 99.1 Å². The zero-order valence-corrected chi connectivity index (χ0v) is 19.1. The van der Waals surface area contributed by atoms with E-state index in [0.29, 0.717) is 11.1 Å². The lowest BCUT2D eigenvalue weighted by molar-refractivity contribution is 0.0958. The second kappa shape index (κ2) is 8.32. The van der Waals surface area contributed by atoms with Crippen molar-refractivity contribution in [2.75, 3.05) is 38.1 Å². The summed E-state index contributed by atoms with van der Waals surface area (Å²) in [6.07, 6.45) is 1.62. The quantitative estimate of drug-likeness (QED) is 0.497. The molecule has 1 aliphatic rings. The molecule has 0 unspecified atom stereocenters. The highest BCUT2D eigenvalue weighted by Gasteiger charge is 2.20. The van der Waals surface area contributed by atoms with Crippen LogP contribution in [0, 0.1) is 6.92 Å². The Morgan fingerprint density at radius 1 is 1.12 bits per heavy atom. The number of hydrogen-bond donors (Lipinski definition) is 2. The maximum absolute atomic E-state index is 12.4. The van der Waals surface area contributed by atoms with Gasteiger partial charge in [-0.1, -0.05) is 12.1 Å². The van der Waals surface area contributed by atoms with Crippen LogP contribution in [0.4, 0.5) is 5.69 Å². The summed E-state index contributed by atoms with van der Waals surface area (Å²) in [5, 5.41) is 8.47. The molecule has 0 bridgehead atoms. The molecular weight excluding hydrogens is 418 g/mol. The Morgan fingerprint density at radius 3 is 2.64 bits per heavy atom. The highest BCUT2D eigenvalue weighted by molar-refractivity contribution is 6.03. The third kappa shape index (κ3) is 3.84. The van der Waals surface area contributed by atoms with E-state index in [2.05, 4.69) is 48.4 Å². The maximum Gasteiger partial charge on any atom is 0.269 e. The Morgan fingerprint density at radius 2 is 1.91 bits per heavy atom. The number of amides is 1. The molecule has 9 nitrogen and oxygen atoms in total. The lowest BCUT2D eigenvalue weighted by Gasteiger charge is -2.36. The number of piperazine rings is 1. The van der Waals surface area contributed by atoms with Crippen LogP contribution in [0.15, 0.2) is 41.3 Å². The standard InChI is InChI=1S/C24H27N7O2/c1-15-21(7-6-19(27-15)24(33)25-2)31-10-8-30(9-11-31)14-16-4-5-17-20(12-16)28-23(32)18-13-26-29(3)22(17)18/h4-7,12-13H,8-11,14H2,1-3H3,(H,25,33)(H,28,32). The number of aromatic amines is 1. The van der Waals surface area contributed by atoms with E-state index in [0.717, 1.165) is 60.5 Å². The third-order valence-electron chi connectivity index (χ3n) is 6.41. The van der Waals surface area contributed by atoms with Crippen LogP contribution < -0.4 is 15.8 Å². The van der Waals surface area contributed by atoms with E-state index in [4.69, 9.17) is 0 Å². The van der Waals surface area contributed by atoms with E-state index in [1.54, 1.807) is 24.0 Å². The zero-order chi connectivity index (χ0) is 23.1. The van der Waals surface area contributed by atoms with Gasteiger partial charge in [-0.3, -0.25) is 19.2 Å². The van der Waals surface area contributed by atoms with E-state index in [-0.39, 0.29) is 11.5 Å². The lowest BCUT2D eigenvalue weighted by Crippen LogP contribution is -2.46. The number of aryl methyl sites for hydroxylation is 2. The Bertz CT molecular complexity index is 1410. The number of aromatic nitrogens is 4. The molecule has 1 saturated heterocycles. The molecule has 0 atom stereocenters. The highest BCUT2D eigenvalue weighted by Crippen LogP contribution is 2.24. The van der Waals surface area contributed by atoms with Gasteiger partial charge in [-0.05, 0) is 30.7 Å². The Labute approximate surface area is 191 Å². The molecule has 2 N–H and O–H groups in total. The monoisotopic (exact) mass is 445 g/mol. The minimum atomic E-state index is -0.171. The van der Waals surface area contributed by atoms with E-state index in [1.807, 2.05) is 20.0 Å². The molecule has 1 fully saturated rings. The molecule has 1 aliphatic heterocycles. The number of fused-ring (bicyclic) bond motifs is 3. The summed E-state index contributed by atoms with van der Waals surface area (Å²) < 4.78 is 1.75. The summed E-state index contributed by atoms with van der Waals surface area (Å²) in [5.74, 6) is -0.171. The van der Waals surface area contributed by atoms with Gasteiger partial charge in [0.15, 0.2) is 0 Å². The van der Waals surface area contributed by atoms with Crippen molar-refractivity contribution < 1.29 is 4.79 Å². The van der Waals surface area contributed by atoms with Crippen molar-refractivity contribution in [2.45, 2.75) is 13.5 Å². The van der Waals surface area contributed by atoms with Gasteiger partial charge in [0.25, 0.3) is 11.5 Å². The summed E-state index contributed by atoms with van der Waals surface area (Å²) >= 11 is 0. The van der Waals surface area contributed by atoms with Gasteiger partial charge in [0.05, 0.1) is 34.0 Å². The summed E-state index contributed by atoms with van der Waals surface area (Å²) in [6, 6.07) is 10.0. The Hall–Kier alpha value is -3.72. The number of hydrogen-bond acceptors (Lipinski definition) is 6. The van der Waals surface area contributed by atoms with Crippen LogP contribution in [0.5, 0.6) is 0 Å². The van der Waals surface area contributed by atoms with E-state index >= 15 is 0 Å². The molecule has 0 aliphatic carbocycles. The average molecular weight is 446 g/mol. The first-order chi connectivity index (χ1) is 15.9. The number of anilines is 1. The first-order valence-corrected chi connectivity index (χ1v) is 11.1. The number of benzene rings is 1. The van der Waals surface area contributed by atoms with Gasteiger partial charge in [0.2, 0.25) is 0 Å². The largest absolute Gasteiger partial charge is 0.368 e. The number of carbonyl (C=O) groups excluding carboxylic acids is 1. The van der Waals surface area contributed by atoms with Gasteiger partial charge in [0, 0.05) is 52.2 Å². The second-order valence-electron chi connectivity index (χ2n) is 8.51. The van der Waals surface area contributed by atoms with Gasteiger partial charge in [-0.15, -0.1) is 0 Å². The molecule has 3 aromatic heterocycles. The normalized spacial score (nSPS) is 14.8. The number of rotatable bonds is 4. The zero-order valence-electron chi connectivity index (χ0n) is 19.1. The molecule has 0 spiro atoms. The summed E-state index contributed by atoms with van der Waals surface area (Å²) in [5.41, 5.74) is 5.14. The lowest BCUT2D eigenvalue weighted by atomic mass is 10.1. The highest BCUT2D eigenvalue weighted by atomic mass is 16.1.